The van der Waals surface area contributed by atoms with Crippen molar-refractivity contribution < 1.29 is 14.6 Å². The molecule has 1 aliphatic heterocycles. The molecule has 3 rings (SSSR count). The van der Waals surface area contributed by atoms with Gasteiger partial charge in [-0.25, -0.2) is 0 Å². The number of rotatable bonds is 10. The largest absolute Gasteiger partial charge is 0.491 e. The SMILES string of the molecule is Cl.OC(COCCOc1ccc(Br)cc1)CN1CCC(Cc2ccccc2)CC1. The van der Waals surface area contributed by atoms with Gasteiger partial charge in [0.15, 0.2) is 0 Å². The predicted molar refractivity (Wildman–Crippen MR) is 123 cm³/mol. The Kier molecular flexibility index (Phi) is 11.0. The number of aliphatic hydroxyl groups is 1. The first kappa shape index (κ1) is 24.2. The van der Waals surface area contributed by atoms with Crippen LogP contribution in [0.5, 0.6) is 5.75 Å². The van der Waals surface area contributed by atoms with Crippen LogP contribution in [0.3, 0.4) is 0 Å². The third-order valence-electron chi connectivity index (χ3n) is 5.16. The van der Waals surface area contributed by atoms with Crippen LogP contribution in [0.2, 0.25) is 0 Å². The first-order chi connectivity index (χ1) is 13.7. The molecule has 2 aromatic rings. The molecular weight excluding hydrogens is 454 g/mol. The zero-order chi connectivity index (χ0) is 19.6. The Labute approximate surface area is 188 Å². The van der Waals surface area contributed by atoms with E-state index in [0.29, 0.717) is 26.4 Å². The van der Waals surface area contributed by atoms with Gasteiger partial charge in [-0.15, -0.1) is 12.4 Å². The Morgan fingerprint density at radius 1 is 1.00 bits per heavy atom. The maximum absolute atomic E-state index is 10.2. The van der Waals surface area contributed by atoms with E-state index in [9.17, 15) is 5.11 Å². The molecule has 1 heterocycles. The van der Waals surface area contributed by atoms with E-state index in [1.807, 2.05) is 24.3 Å². The zero-order valence-electron chi connectivity index (χ0n) is 16.7. The topological polar surface area (TPSA) is 41.9 Å². The Bertz CT molecular complexity index is 678. The quantitative estimate of drug-likeness (QED) is 0.501. The minimum Gasteiger partial charge on any atom is -0.491 e. The molecule has 0 saturated carbocycles. The summed E-state index contributed by atoms with van der Waals surface area (Å²) in [5, 5.41) is 10.2. The Balaban J connectivity index is 0.00000300. The Morgan fingerprint density at radius 2 is 1.69 bits per heavy atom. The number of aliphatic hydroxyl groups excluding tert-OH is 1. The van der Waals surface area contributed by atoms with Crippen molar-refractivity contribution in [1.82, 2.24) is 4.90 Å². The summed E-state index contributed by atoms with van der Waals surface area (Å²) >= 11 is 3.40. The standard InChI is InChI=1S/C23H30BrNO3.ClH/c24-21-6-8-23(9-7-21)28-15-14-27-18-22(26)17-25-12-10-20(11-13-25)16-19-4-2-1-3-5-19;/h1-9,20,22,26H,10-18H2;1H. The smallest absolute Gasteiger partial charge is 0.119 e. The Hall–Kier alpha value is -1.11. The Morgan fingerprint density at radius 3 is 2.38 bits per heavy atom. The fraction of sp³-hybridized carbons (Fsp3) is 0.478. The number of halogens is 2. The van der Waals surface area contributed by atoms with Gasteiger partial charge < -0.3 is 19.5 Å². The number of β-amino-alcohol motifs (C(OH)–C–C–N with tert-alkyl or cyclic N) is 1. The first-order valence-corrected chi connectivity index (χ1v) is 10.9. The molecule has 0 spiro atoms. The van der Waals surface area contributed by atoms with Crippen LogP contribution in [-0.2, 0) is 11.2 Å². The van der Waals surface area contributed by atoms with E-state index >= 15 is 0 Å². The summed E-state index contributed by atoms with van der Waals surface area (Å²) in [6.07, 6.45) is 3.12. The summed E-state index contributed by atoms with van der Waals surface area (Å²) in [5.74, 6) is 1.58. The van der Waals surface area contributed by atoms with E-state index in [-0.39, 0.29) is 12.4 Å². The van der Waals surface area contributed by atoms with Gasteiger partial charge >= 0.3 is 0 Å². The molecule has 0 aromatic heterocycles. The first-order valence-electron chi connectivity index (χ1n) is 10.1. The van der Waals surface area contributed by atoms with Gasteiger partial charge in [-0.2, -0.15) is 0 Å². The van der Waals surface area contributed by atoms with E-state index < -0.39 is 6.10 Å². The lowest BCUT2D eigenvalue weighted by Gasteiger charge is -2.33. The normalized spacial score (nSPS) is 16.2. The second-order valence-corrected chi connectivity index (χ2v) is 8.38. The van der Waals surface area contributed by atoms with Crippen LogP contribution >= 0.6 is 28.3 Å². The molecule has 1 aliphatic rings. The van der Waals surface area contributed by atoms with Gasteiger partial charge in [0, 0.05) is 11.0 Å². The van der Waals surface area contributed by atoms with Crippen molar-refractivity contribution in [3.63, 3.8) is 0 Å². The molecule has 0 aliphatic carbocycles. The van der Waals surface area contributed by atoms with Crippen molar-refractivity contribution in [1.29, 1.82) is 0 Å². The molecule has 0 bridgehead atoms. The molecule has 1 atom stereocenters. The number of hydrogen-bond donors (Lipinski definition) is 1. The fourth-order valence-corrected chi connectivity index (χ4v) is 3.90. The minimum atomic E-state index is -0.446. The summed E-state index contributed by atoms with van der Waals surface area (Å²) in [5.41, 5.74) is 1.43. The number of likely N-dealkylation sites (tertiary alicyclic amines) is 1. The van der Waals surface area contributed by atoms with Crippen LogP contribution in [0, 0.1) is 5.92 Å². The molecule has 1 fully saturated rings. The highest BCUT2D eigenvalue weighted by molar-refractivity contribution is 9.10. The second-order valence-electron chi connectivity index (χ2n) is 7.46. The van der Waals surface area contributed by atoms with E-state index in [0.717, 1.165) is 29.2 Å². The molecule has 1 saturated heterocycles. The average molecular weight is 485 g/mol. The maximum atomic E-state index is 10.2. The van der Waals surface area contributed by atoms with Crippen molar-refractivity contribution in [3.05, 3.63) is 64.6 Å². The van der Waals surface area contributed by atoms with Crippen molar-refractivity contribution >= 4 is 28.3 Å². The van der Waals surface area contributed by atoms with Crippen LogP contribution in [-0.4, -0.2) is 55.6 Å². The van der Waals surface area contributed by atoms with E-state index in [4.69, 9.17) is 9.47 Å². The summed E-state index contributed by atoms with van der Waals surface area (Å²) in [6.45, 7) is 4.12. The van der Waals surface area contributed by atoms with E-state index in [1.165, 1.54) is 24.8 Å². The van der Waals surface area contributed by atoms with Gasteiger partial charge in [-0.1, -0.05) is 46.3 Å². The van der Waals surface area contributed by atoms with Crippen LogP contribution in [0.4, 0.5) is 0 Å². The number of hydrogen-bond acceptors (Lipinski definition) is 4. The van der Waals surface area contributed by atoms with Gasteiger partial charge in [-0.05, 0) is 68.1 Å². The van der Waals surface area contributed by atoms with Gasteiger partial charge in [0.1, 0.15) is 12.4 Å². The van der Waals surface area contributed by atoms with Gasteiger partial charge in [0.25, 0.3) is 0 Å². The molecule has 1 N–H and O–H groups in total. The highest BCUT2D eigenvalue weighted by atomic mass is 79.9. The van der Waals surface area contributed by atoms with Crippen molar-refractivity contribution in [2.24, 2.45) is 5.92 Å². The second kappa shape index (κ2) is 13.2. The highest BCUT2D eigenvalue weighted by Gasteiger charge is 2.21. The van der Waals surface area contributed by atoms with Crippen molar-refractivity contribution in [3.8, 4) is 5.75 Å². The van der Waals surface area contributed by atoms with E-state index in [2.05, 4.69) is 51.2 Å². The van der Waals surface area contributed by atoms with E-state index in [1.54, 1.807) is 0 Å². The highest BCUT2D eigenvalue weighted by Crippen LogP contribution is 2.21. The van der Waals surface area contributed by atoms with Crippen LogP contribution in [0.1, 0.15) is 18.4 Å². The van der Waals surface area contributed by atoms with Crippen molar-refractivity contribution in [2.45, 2.75) is 25.4 Å². The summed E-state index contributed by atoms with van der Waals surface area (Å²) in [7, 11) is 0. The maximum Gasteiger partial charge on any atom is 0.119 e. The predicted octanol–water partition coefficient (Wildman–Crippen LogP) is 4.58. The number of ether oxygens (including phenoxy) is 2. The lowest BCUT2D eigenvalue weighted by Crippen LogP contribution is -2.40. The van der Waals surface area contributed by atoms with Crippen LogP contribution in [0.25, 0.3) is 0 Å². The lowest BCUT2D eigenvalue weighted by atomic mass is 9.90. The lowest BCUT2D eigenvalue weighted by molar-refractivity contribution is 0.00291. The van der Waals surface area contributed by atoms with Crippen molar-refractivity contribution in [2.75, 3.05) is 39.5 Å². The molecule has 6 heteroatoms. The molecule has 1 unspecified atom stereocenters. The number of benzene rings is 2. The summed E-state index contributed by atoms with van der Waals surface area (Å²) in [6, 6.07) is 18.5. The molecular formula is C23H31BrClNO3. The molecule has 0 radical (unpaired) electrons. The molecule has 4 nitrogen and oxygen atoms in total. The minimum absolute atomic E-state index is 0. The van der Waals surface area contributed by atoms with Gasteiger partial charge in [-0.3, -0.25) is 0 Å². The van der Waals surface area contributed by atoms with Crippen LogP contribution < -0.4 is 4.74 Å². The molecule has 160 valence electrons. The number of piperidine rings is 1. The van der Waals surface area contributed by atoms with Gasteiger partial charge in [0.2, 0.25) is 0 Å². The summed E-state index contributed by atoms with van der Waals surface area (Å²) < 4.78 is 12.2. The molecule has 0 amide bonds. The molecule has 29 heavy (non-hydrogen) atoms. The average Bonchev–Trinajstić information content (AvgIpc) is 2.71. The monoisotopic (exact) mass is 483 g/mol. The number of nitrogens with zero attached hydrogens (tertiary/aromatic N) is 1. The summed E-state index contributed by atoms with van der Waals surface area (Å²) in [4.78, 5) is 2.36. The third kappa shape index (κ3) is 9.06. The van der Waals surface area contributed by atoms with Crippen LogP contribution in [0.15, 0.2) is 59.1 Å². The van der Waals surface area contributed by atoms with Gasteiger partial charge in [0.05, 0.1) is 19.3 Å². The molecule has 2 aromatic carbocycles. The zero-order valence-corrected chi connectivity index (χ0v) is 19.1. The fourth-order valence-electron chi connectivity index (χ4n) is 3.64. The third-order valence-corrected chi connectivity index (χ3v) is 5.69.